The van der Waals surface area contributed by atoms with Crippen LogP contribution >= 0.6 is 0 Å². The van der Waals surface area contributed by atoms with E-state index in [-0.39, 0.29) is 41.9 Å². The van der Waals surface area contributed by atoms with Gasteiger partial charge in [-0.2, -0.15) is 0 Å². The van der Waals surface area contributed by atoms with E-state index in [9.17, 15) is 18.8 Å². The van der Waals surface area contributed by atoms with E-state index in [1.165, 1.54) is 12.1 Å². The number of carbonyl (C=O) groups excluding carboxylic acids is 3. The first-order valence-electron chi connectivity index (χ1n) is 14.3. The van der Waals surface area contributed by atoms with E-state index in [4.69, 9.17) is 0 Å². The zero-order valence-corrected chi connectivity index (χ0v) is 22.4. The molecule has 1 aliphatic carbocycles. The second-order valence-electron chi connectivity index (χ2n) is 10.9. The van der Waals surface area contributed by atoms with Crippen LogP contribution in [0.25, 0.3) is 0 Å². The summed E-state index contributed by atoms with van der Waals surface area (Å²) in [6.45, 7) is 3.80. The Morgan fingerprint density at radius 3 is 2.54 bits per heavy atom. The van der Waals surface area contributed by atoms with E-state index in [1.807, 2.05) is 28.0 Å². The van der Waals surface area contributed by atoms with Crippen molar-refractivity contribution in [2.45, 2.75) is 51.0 Å². The summed E-state index contributed by atoms with van der Waals surface area (Å²) in [6, 6.07) is 11.6. The van der Waals surface area contributed by atoms with Gasteiger partial charge in [0.1, 0.15) is 11.6 Å². The van der Waals surface area contributed by atoms with E-state index in [2.05, 4.69) is 15.2 Å². The third kappa shape index (κ3) is 6.57. The number of fused-ring (bicyclic) bond motifs is 1. The first kappa shape index (κ1) is 27.1. The van der Waals surface area contributed by atoms with Crippen LogP contribution in [0.15, 0.2) is 48.7 Å². The Hall–Kier alpha value is -3.49. The van der Waals surface area contributed by atoms with Crippen LogP contribution in [0, 0.1) is 17.7 Å². The van der Waals surface area contributed by atoms with Gasteiger partial charge in [0, 0.05) is 57.4 Å². The molecule has 1 N–H and O–H groups in total. The zero-order chi connectivity index (χ0) is 27.2. The molecule has 2 aliphatic heterocycles. The highest BCUT2D eigenvalue weighted by molar-refractivity contribution is 5.86. The van der Waals surface area contributed by atoms with Crippen LogP contribution in [0.2, 0.25) is 0 Å². The molecule has 2 aromatic rings. The van der Waals surface area contributed by atoms with Crippen molar-refractivity contribution < 1.29 is 18.8 Å². The number of carbonyl (C=O) groups is 3. The first-order chi connectivity index (χ1) is 19.0. The Kier molecular flexibility index (Phi) is 8.74. The molecule has 39 heavy (non-hydrogen) atoms. The summed E-state index contributed by atoms with van der Waals surface area (Å²) >= 11 is 0. The molecule has 0 spiro atoms. The second kappa shape index (κ2) is 12.6. The minimum absolute atomic E-state index is 0.0688. The topological polar surface area (TPSA) is 85.8 Å². The van der Waals surface area contributed by atoms with Gasteiger partial charge in [-0.3, -0.25) is 14.4 Å². The normalized spacial score (nSPS) is 24.5. The van der Waals surface area contributed by atoms with Gasteiger partial charge in [0.25, 0.3) is 0 Å². The number of rotatable bonds is 4. The van der Waals surface area contributed by atoms with E-state index >= 15 is 0 Å². The lowest BCUT2D eigenvalue weighted by Gasteiger charge is -2.36. The summed E-state index contributed by atoms with van der Waals surface area (Å²) in [4.78, 5) is 50.9. The number of aromatic nitrogens is 1. The molecule has 3 amide bonds. The van der Waals surface area contributed by atoms with Gasteiger partial charge in [-0.1, -0.05) is 31.0 Å². The zero-order valence-electron chi connectivity index (χ0n) is 22.4. The molecule has 1 saturated carbocycles. The molecule has 208 valence electrons. The number of nitrogens with zero attached hydrogens (tertiary/aromatic N) is 4. The Morgan fingerprint density at radius 2 is 1.77 bits per heavy atom. The van der Waals surface area contributed by atoms with E-state index < -0.39 is 5.92 Å². The second-order valence-corrected chi connectivity index (χ2v) is 10.9. The van der Waals surface area contributed by atoms with Gasteiger partial charge in [-0.15, -0.1) is 0 Å². The molecule has 2 saturated heterocycles. The third-order valence-electron chi connectivity index (χ3n) is 8.37. The van der Waals surface area contributed by atoms with E-state index in [0.29, 0.717) is 57.7 Å². The van der Waals surface area contributed by atoms with E-state index in [0.717, 1.165) is 31.5 Å². The van der Waals surface area contributed by atoms with Crippen molar-refractivity contribution in [1.29, 1.82) is 0 Å². The highest BCUT2D eigenvalue weighted by Gasteiger charge is 2.46. The smallest absolute Gasteiger partial charge is 0.227 e. The summed E-state index contributed by atoms with van der Waals surface area (Å²) in [5.41, 5.74) is 0.617. The van der Waals surface area contributed by atoms with Crippen molar-refractivity contribution in [3.8, 4) is 0 Å². The number of nitrogens with one attached hydrogen (secondary N) is 1. The molecule has 9 heteroatoms. The molecule has 3 atom stereocenters. The molecule has 0 radical (unpaired) electrons. The van der Waals surface area contributed by atoms with Gasteiger partial charge >= 0.3 is 0 Å². The maximum absolute atomic E-state index is 13.8. The summed E-state index contributed by atoms with van der Waals surface area (Å²) in [5, 5.41) is 3.07. The van der Waals surface area contributed by atoms with Crippen LogP contribution < -0.4 is 10.2 Å². The highest BCUT2D eigenvalue weighted by Crippen LogP contribution is 2.37. The Balaban J connectivity index is 1.30. The van der Waals surface area contributed by atoms with Crippen LogP contribution in [0.5, 0.6) is 0 Å². The minimum atomic E-state index is -0.427. The SMILES string of the molecule is O=C1NCCCCCCN(C(=O)Cc2cccc(F)c2)[C@H]2C[C@H](C(=O)N3CCN(c4ccccn4)CC3)C[C@@H]12. The summed E-state index contributed by atoms with van der Waals surface area (Å²) < 4.78 is 13.8. The van der Waals surface area contributed by atoms with Gasteiger partial charge in [0.15, 0.2) is 0 Å². The number of halogens is 1. The fourth-order valence-electron chi connectivity index (χ4n) is 6.30. The lowest BCUT2D eigenvalue weighted by molar-refractivity contribution is -0.137. The number of hydrogen-bond acceptors (Lipinski definition) is 5. The Labute approximate surface area is 229 Å². The standard InChI is InChI=1S/C30H38FN5O3/c31-24-9-7-8-22(18-24)19-28(37)36-13-6-2-1-4-12-33-29(38)25-20-23(21-26(25)36)30(39)35-16-14-34(15-17-35)27-10-3-5-11-32-27/h3,5,7-11,18,23,25-26H,1-2,4,6,12-17,19-21H2,(H,33,38)/t23-,25-,26+/m1/s1. The predicted molar refractivity (Wildman–Crippen MR) is 146 cm³/mol. The highest BCUT2D eigenvalue weighted by atomic mass is 19.1. The van der Waals surface area contributed by atoms with Crippen LogP contribution in [-0.4, -0.2) is 77.8 Å². The number of pyridine rings is 1. The molecule has 3 fully saturated rings. The minimum Gasteiger partial charge on any atom is -0.356 e. The van der Waals surface area contributed by atoms with Crippen LogP contribution in [0.4, 0.5) is 10.2 Å². The van der Waals surface area contributed by atoms with Gasteiger partial charge < -0.3 is 20.0 Å². The average molecular weight is 536 g/mol. The molecule has 3 heterocycles. The molecule has 3 aliphatic rings. The van der Waals surface area contributed by atoms with Crippen molar-refractivity contribution in [3.05, 3.63) is 60.0 Å². The summed E-state index contributed by atoms with van der Waals surface area (Å²) in [6.07, 6.45) is 6.50. The molecule has 1 aromatic carbocycles. The van der Waals surface area contributed by atoms with Gasteiger partial charge in [-0.05, 0) is 55.5 Å². The van der Waals surface area contributed by atoms with Crippen LogP contribution in [0.3, 0.4) is 0 Å². The molecule has 0 bridgehead atoms. The maximum atomic E-state index is 13.8. The number of hydrogen-bond donors (Lipinski definition) is 1. The van der Waals surface area contributed by atoms with Crippen LogP contribution in [-0.2, 0) is 20.8 Å². The number of benzene rings is 1. The number of anilines is 1. The molecular formula is C30H38FN5O3. The van der Waals surface area contributed by atoms with Crippen molar-refractivity contribution in [2.24, 2.45) is 11.8 Å². The van der Waals surface area contributed by atoms with Gasteiger partial charge in [-0.25, -0.2) is 9.37 Å². The van der Waals surface area contributed by atoms with Crippen molar-refractivity contribution in [2.75, 3.05) is 44.2 Å². The predicted octanol–water partition coefficient (Wildman–Crippen LogP) is 3.03. The summed E-state index contributed by atoms with van der Waals surface area (Å²) in [7, 11) is 0. The number of piperazine rings is 1. The molecule has 5 rings (SSSR count). The fraction of sp³-hybridized carbons (Fsp3) is 0.533. The van der Waals surface area contributed by atoms with Gasteiger partial charge in [0.05, 0.1) is 12.3 Å². The third-order valence-corrected chi connectivity index (χ3v) is 8.37. The Bertz CT molecular complexity index is 1150. The summed E-state index contributed by atoms with van der Waals surface area (Å²) in [5.74, 6) is -0.301. The van der Waals surface area contributed by atoms with Crippen molar-refractivity contribution in [3.63, 3.8) is 0 Å². The van der Waals surface area contributed by atoms with E-state index in [1.54, 1.807) is 18.3 Å². The largest absolute Gasteiger partial charge is 0.356 e. The monoisotopic (exact) mass is 535 g/mol. The maximum Gasteiger partial charge on any atom is 0.227 e. The number of amides is 3. The fourth-order valence-corrected chi connectivity index (χ4v) is 6.30. The van der Waals surface area contributed by atoms with Gasteiger partial charge in [0.2, 0.25) is 17.7 Å². The Morgan fingerprint density at radius 1 is 0.949 bits per heavy atom. The van der Waals surface area contributed by atoms with Crippen molar-refractivity contribution in [1.82, 2.24) is 20.1 Å². The van der Waals surface area contributed by atoms with Crippen LogP contribution in [0.1, 0.15) is 44.1 Å². The molecular weight excluding hydrogens is 497 g/mol. The molecule has 8 nitrogen and oxygen atoms in total. The van der Waals surface area contributed by atoms with Crippen molar-refractivity contribution >= 4 is 23.5 Å². The average Bonchev–Trinajstić information content (AvgIpc) is 3.38. The molecule has 1 aromatic heterocycles. The first-order valence-corrected chi connectivity index (χ1v) is 14.3. The molecule has 0 unspecified atom stereocenters. The lowest BCUT2D eigenvalue weighted by Crippen LogP contribution is -2.50. The quantitative estimate of drug-likeness (QED) is 0.651. The lowest BCUT2D eigenvalue weighted by atomic mass is 9.99.